The van der Waals surface area contributed by atoms with Gasteiger partial charge in [-0.05, 0) is 25.0 Å². The smallest absolute Gasteiger partial charge is 0.191 e. The zero-order valence-electron chi connectivity index (χ0n) is 12.3. The lowest BCUT2D eigenvalue weighted by Gasteiger charge is -2.16. The Morgan fingerprint density at radius 1 is 1.52 bits per heavy atom. The third kappa shape index (κ3) is 5.41. The molecule has 6 nitrogen and oxygen atoms in total. The normalized spacial score (nSPS) is 21.4. The van der Waals surface area contributed by atoms with Crippen LogP contribution in [0.3, 0.4) is 0 Å². The van der Waals surface area contributed by atoms with Crippen LogP contribution in [0.15, 0.2) is 27.8 Å². The second kappa shape index (κ2) is 7.49. The predicted molar refractivity (Wildman–Crippen MR) is 83.2 cm³/mol. The number of sulfone groups is 1. The number of guanidine groups is 1. The lowest BCUT2D eigenvalue weighted by atomic mass is 10.3. The monoisotopic (exact) mass is 313 g/mol. The van der Waals surface area contributed by atoms with Gasteiger partial charge in [0.1, 0.15) is 5.76 Å². The first-order valence-electron chi connectivity index (χ1n) is 7.37. The summed E-state index contributed by atoms with van der Waals surface area (Å²) < 4.78 is 28.3. The van der Waals surface area contributed by atoms with Crippen LogP contribution in [0, 0.1) is 0 Å². The minimum absolute atomic E-state index is 0.0401. The minimum atomic E-state index is -2.88. The third-order valence-corrected chi connectivity index (χ3v) is 5.08. The van der Waals surface area contributed by atoms with Gasteiger partial charge in [0.15, 0.2) is 15.8 Å². The fourth-order valence-electron chi connectivity index (χ4n) is 2.24. The van der Waals surface area contributed by atoms with E-state index in [-0.39, 0.29) is 17.5 Å². The van der Waals surface area contributed by atoms with Gasteiger partial charge in [0.2, 0.25) is 0 Å². The summed E-state index contributed by atoms with van der Waals surface area (Å²) in [5.74, 6) is 2.06. The molecule has 1 fully saturated rings. The van der Waals surface area contributed by atoms with E-state index in [1.165, 1.54) is 0 Å². The Kier molecular flexibility index (Phi) is 5.67. The highest BCUT2D eigenvalue weighted by atomic mass is 32.2. The number of rotatable bonds is 6. The minimum Gasteiger partial charge on any atom is -0.469 e. The van der Waals surface area contributed by atoms with Crippen LogP contribution in [0.2, 0.25) is 0 Å². The van der Waals surface area contributed by atoms with Gasteiger partial charge in [0, 0.05) is 25.6 Å². The summed E-state index contributed by atoms with van der Waals surface area (Å²) in [4.78, 5) is 4.44. The lowest BCUT2D eigenvalue weighted by molar-refractivity contribution is 0.506. The van der Waals surface area contributed by atoms with E-state index >= 15 is 0 Å². The van der Waals surface area contributed by atoms with E-state index in [0.717, 1.165) is 25.1 Å². The maximum absolute atomic E-state index is 11.5. The summed E-state index contributed by atoms with van der Waals surface area (Å²) >= 11 is 0. The molecule has 0 amide bonds. The van der Waals surface area contributed by atoms with Crippen LogP contribution in [0.5, 0.6) is 0 Å². The number of hydrogen-bond donors (Lipinski definition) is 2. The maximum Gasteiger partial charge on any atom is 0.191 e. The second-order valence-corrected chi connectivity index (χ2v) is 7.46. The summed E-state index contributed by atoms with van der Waals surface area (Å²) in [5.41, 5.74) is 0. The van der Waals surface area contributed by atoms with Crippen LogP contribution in [0.25, 0.3) is 0 Å². The van der Waals surface area contributed by atoms with Crippen molar-refractivity contribution in [3.63, 3.8) is 0 Å². The van der Waals surface area contributed by atoms with Crippen molar-refractivity contribution in [2.45, 2.75) is 32.2 Å². The van der Waals surface area contributed by atoms with Gasteiger partial charge in [-0.25, -0.2) is 8.42 Å². The Bertz CT molecular complexity index is 552. The van der Waals surface area contributed by atoms with E-state index in [1.807, 2.05) is 12.1 Å². The molecule has 1 saturated heterocycles. The van der Waals surface area contributed by atoms with Gasteiger partial charge in [-0.3, -0.25) is 4.99 Å². The molecule has 2 heterocycles. The number of nitrogens with one attached hydrogen (secondary N) is 2. The average molecular weight is 313 g/mol. The second-order valence-electron chi connectivity index (χ2n) is 5.23. The Labute approximate surface area is 125 Å². The highest BCUT2D eigenvalue weighted by Gasteiger charge is 2.28. The number of aliphatic imine (C=N–C) groups is 1. The van der Waals surface area contributed by atoms with E-state index in [2.05, 4.69) is 22.5 Å². The largest absolute Gasteiger partial charge is 0.469 e. The van der Waals surface area contributed by atoms with Crippen LogP contribution in [-0.4, -0.2) is 45.0 Å². The van der Waals surface area contributed by atoms with Gasteiger partial charge >= 0.3 is 0 Å². The molecule has 1 aliphatic heterocycles. The molecule has 0 spiro atoms. The Hall–Kier alpha value is -1.50. The summed E-state index contributed by atoms with van der Waals surface area (Å²) in [5, 5.41) is 6.45. The number of nitrogens with zero attached hydrogens (tertiary/aromatic N) is 1. The molecule has 0 saturated carbocycles. The molecular weight excluding hydrogens is 290 g/mol. The molecule has 0 aromatic carbocycles. The van der Waals surface area contributed by atoms with Crippen molar-refractivity contribution in [2.75, 3.05) is 24.6 Å². The topological polar surface area (TPSA) is 83.7 Å². The number of hydrogen-bond acceptors (Lipinski definition) is 4. The van der Waals surface area contributed by atoms with Crippen molar-refractivity contribution in [2.24, 2.45) is 4.99 Å². The fourth-order valence-corrected chi connectivity index (χ4v) is 3.91. The zero-order valence-corrected chi connectivity index (χ0v) is 13.2. The Morgan fingerprint density at radius 2 is 2.38 bits per heavy atom. The first-order valence-corrected chi connectivity index (χ1v) is 9.19. The van der Waals surface area contributed by atoms with Crippen LogP contribution in [-0.2, 0) is 16.3 Å². The Morgan fingerprint density at radius 3 is 3.00 bits per heavy atom. The van der Waals surface area contributed by atoms with E-state index in [1.54, 1.807) is 6.26 Å². The average Bonchev–Trinajstić information content (AvgIpc) is 3.05. The number of furan rings is 1. The van der Waals surface area contributed by atoms with Crippen molar-refractivity contribution in [1.82, 2.24) is 10.6 Å². The van der Waals surface area contributed by atoms with Crippen molar-refractivity contribution < 1.29 is 12.8 Å². The summed E-state index contributed by atoms with van der Waals surface area (Å²) in [6.45, 7) is 3.47. The highest BCUT2D eigenvalue weighted by Crippen LogP contribution is 2.11. The SMILES string of the molecule is CCCN=C(NCCc1ccco1)NC1CCS(=O)(=O)C1. The third-order valence-electron chi connectivity index (χ3n) is 3.31. The van der Waals surface area contributed by atoms with E-state index in [0.29, 0.717) is 18.9 Å². The maximum atomic E-state index is 11.5. The predicted octanol–water partition coefficient (Wildman–Crippen LogP) is 0.954. The molecule has 118 valence electrons. The summed E-state index contributed by atoms with van der Waals surface area (Å²) in [7, 11) is -2.88. The van der Waals surface area contributed by atoms with E-state index < -0.39 is 9.84 Å². The molecule has 1 atom stereocenters. The Balaban J connectivity index is 1.83. The molecule has 0 aliphatic carbocycles. The highest BCUT2D eigenvalue weighted by molar-refractivity contribution is 7.91. The zero-order chi connectivity index (χ0) is 15.1. The van der Waals surface area contributed by atoms with Crippen molar-refractivity contribution in [1.29, 1.82) is 0 Å². The molecule has 21 heavy (non-hydrogen) atoms. The van der Waals surface area contributed by atoms with Crippen molar-refractivity contribution in [3.05, 3.63) is 24.2 Å². The van der Waals surface area contributed by atoms with Crippen LogP contribution in [0.4, 0.5) is 0 Å². The molecule has 0 radical (unpaired) electrons. The van der Waals surface area contributed by atoms with Crippen molar-refractivity contribution in [3.8, 4) is 0 Å². The molecule has 2 rings (SSSR count). The van der Waals surface area contributed by atoms with E-state index in [4.69, 9.17) is 4.42 Å². The van der Waals surface area contributed by atoms with Gasteiger partial charge in [-0.1, -0.05) is 6.92 Å². The van der Waals surface area contributed by atoms with Gasteiger partial charge in [0.25, 0.3) is 0 Å². The van der Waals surface area contributed by atoms with E-state index in [9.17, 15) is 8.42 Å². The van der Waals surface area contributed by atoms with Crippen LogP contribution < -0.4 is 10.6 Å². The van der Waals surface area contributed by atoms with Gasteiger partial charge in [-0.15, -0.1) is 0 Å². The first kappa shape index (κ1) is 15.9. The lowest BCUT2D eigenvalue weighted by Crippen LogP contribution is -2.44. The van der Waals surface area contributed by atoms with Crippen LogP contribution in [0.1, 0.15) is 25.5 Å². The van der Waals surface area contributed by atoms with Gasteiger partial charge in [-0.2, -0.15) is 0 Å². The quantitative estimate of drug-likeness (QED) is 0.603. The molecular formula is C14H23N3O3S. The molecule has 1 unspecified atom stereocenters. The van der Waals surface area contributed by atoms with Crippen LogP contribution >= 0.6 is 0 Å². The molecule has 1 aromatic rings. The standard InChI is InChI=1S/C14H23N3O3S/c1-2-7-15-14(16-8-5-13-4-3-9-20-13)17-12-6-10-21(18,19)11-12/h3-4,9,12H,2,5-8,10-11H2,1H3,(H2,15,16,17). The molecule has 1 aromatic heterocycles. The van der Waals surface area contributed by atoms with Gasteiger partial charge < -0.3 is 15.1 Å². The molecule has 7 heteroatoms. The van der Waals surface area contributed by atoms with Gasteiger partial charge in [0.05, 0.1) is 17.8 Å². The molecule has 1 aliphatic rings. The van der Waals surface area contributed by atoms with Crippen molar-refractivity contribution >= 4 is 15.8 Å². The first-order chi connectivity index (χ1) is 10.1. The molecule has 0 bridgehead atoms. The summed E-state index contributed by atoms with van der Waals surface area (Å²) in [6.07, 6.45) is 4.02. The molecule has 2 N–H and O–H groups in total. The summed E-state index contributed by atoms with van der Waals surface area (Å²) in [6, 6.07) is 3.76. The fraction of sp³-hybridized carbons (Fsp3) is 0.643.